The van der Waals surface area contributed by atoms with Crippen LogP contribution in [0.2, 0.25) is 0 Å². The Hall–Kier alpha value is -0.640. The smallest absolute Gasteiger partial charge is 0.0472 e. The van der Waals surface area contributed by atoms with Crippen molar-refractivity contribution < 1.29 is 0 Å². The second-order valence-electron chi connectivity index (χ2n) is 4.30. The van der Waals surface area contributed by atoms with Crippen LogP contribution in [0.25, 0.3) is 0 Å². The summed E-state index contributed by atoms with van der Waals surface area (Å²) in [4.78, 5) is 2.47. The Bertz CT molecular complexity index is 347. The maximum absolute atomic E-state index is 3.85. The summed E-state index contributed by atoms with van der Waals surface area (Å²) in [6.07, 6.45) is 0. The number of likely N-dealkylation sites (N-methyl/N-ethyl adjacent to an activating group) is 1. The number of benzene rings is 1. The fraction of sp³-hybridized carbons (Fsp3) is 0.467. The zero-order valence-electron chi connectivity index (χ0n) is 11.3. The molecule has 1 aromatic carbocycles. The van der Waals surface area contributed by atoms with Gasteiger partial charge in [-0.15, -0.1) is 0 Å². The molecule has 0 aliphatic carbocycles. The van der Waals surface area contributed by atoms with Gasteiger partial charge in [0, 0.05) is 23.6 Å². The van der Waals surface area contributed by atoms with Crippen molar-refractivity contribution in [2.75, 3.05) is 26.2 Å². The summed E-state index contributed by atoms with van der Waals surface area (Å²) >= 11 is 3.38. The van der Waals surface area contributed by atoms with Crippen LogP contribution in [0.15, 0.2) is 41.4 Å². The minimum Gasteiger partial charge on any atom is -0.310 e. The van der Waals surface area contributed by atoms with E-state index < -0.39 is 0 Å². The van der Waals surface area contributed by atoms with Crippen LogP contribution in [0.5, 0.6) is 0 Å². The monoisotopic (exact) mass is 310 g/mol. The van der Waals surface area contributed by atoms with Crippen LogP contribution in [-0.2, 0) is 0 Å². The van der Waals surface area contributed by atoms with E-state index in [1.165, 1.54) is 5.56 Å². The first-order valence-electron chi connectivity index (χ1n) is 6.52. The number of halogens is 1. The van der Waals surface area contributed by atoms with Crippen molar-refractivity contribution >= 4 is 15.9 Å². The molecule has 0 radical (unpaired) electrons. The van der Waals surface area contributed by atoms with Crippen molar-refractivity contribution in [2.45, 2.75) is 19.9 Å². The third-order valence-electron chi connectivity index (χ3n) is 3.09. The van der Waals surface area contributed by atoms with E-state index in [0.29, 0.717) is 6.04 Å². The molecule has 0 bridgehead atoms. The van der Waals surface area contributed by atoms with Crippen LogP contribution in [0.3, 0.4) is 0 Å². The summed E-state index contributed by atoms with van der Waals surface area (Å²) in [5.74, 6) is 0. The molecule has 18 heavy (non-hydrogen) atoms. The maximum Gasteiger partial charge on any atom is 0.0472 e. The van der Waals surface area contributed by atoms with Gasteiger partial charge in [0.15, 0.2) is 0 Å². The van der Waals surface area contributed by atoms with Gasteiger partial charge in [-0.05, 0) is 18.7 Å². The van der Waals surface area contributed by atoms with E-state index in [1.807, 2.05) is 0 Å². The minimum atomic E-state index is 0.424. The van der Waals surface area contributed by atoms with Gasteiger partial charge in [-0.25, -0.2) is 0 Å². The van der Waals surface area contributed by atoms with E-state index >= 15 is 0 Å². The molecule has 0 aliphatic rings. The minimum absolute atomic E-state index is 0.424. The van der Waals surface area contributed by atoms with E-state index in [-0.39, 0.29) is 0 Å². The Labute approximate surface area is 119 Å². The SMILES string of the molecule is C=C(Br)CNCC(c1ccccc1)N(CC)CC. The molecule has 0 aromatic heterocycles. The van der Waals surface area contributed by atoms with Crippen molar-refractivity contribution in [1.82, 2.24) is 10.2 Å². The Balaban J connectivity index is 2.72. The molecule has 1 N–H and O–H groups in total. The molecule has 1 atom stereocenters. The standard InChI is InChI=1S/C15H23BrN2/c1-4-18(5-2)15(12-17-11-13(3)16)14-9-7-6-8-10-14/h6-10,15,17H,3-5,11-12H2,1-2H3. The van der Waals surface area contributed by atoms with E-state index in [2.05, 4.69) is 76.9 Å². The van der Waals surface area contributed by atoms with Crippen molar-refractivity contribution in [2.24, 2.45) is 0 Å². The van der Waals surface area contributed by atoms with Gasteiger partial charge in [-0.3, -0.25) is 4.90 Å². The predicted octanol–water partition coefficient (Wildman–Crippen LogP) is 3.57. The van der Waals surface area contributed by atoms with Crippen molar-refractivity contribution in [3.8, 4) is 0 Å². The van der Waals surface area contributed by atoms with Gasteiger partial charge in [-0.1, -0.05) is 66.7 Å². The molecule has 3 heteroatoms. The average Bonchev–Trinajstić information content (AvgIpc) is 2.39. The van der Waals surface area contributed by atoms with Crippen LogP contribution in [-0.4, -0.2) is 31.1 Å². The van der Waals surface area contributed by atoms with Crippen LogP contribution < -0.4 is 5.32 Å². The third-order valence-corrected chi connectivity index (χ3v) is 3.37. The Kier molecular flexibility index (Phi) is 7.25. The van der Waals surface area contributed by atoms with Gasteiger partial charge in [0.25, 0.3) is 0 Å². The second kappa shape index (κ2) is 8.46. The van der Waals surface area contributed by atoms with E-state index in [9.17, 15) is 0 Å². The molecule has 0 fully saturated rings. The number of nitrogens with one attached hydrogen (secondary N) is 1. The van der Waals surface area contributed by atoms with Gasteiger partial charge >= 0.3 is 0 Å². The van der Waals surface area contributed by atoms with E-state index in [4.69, 9.17) is 0 Å². The van der Waals surface area contributed by atoms with Crippen molar-refractivity contribution in [3.05, 3.63) is 47.0 Å². The zero-order valence-corrected chi connectivity index (χ0v) is 12.9. The molecular weight excluding hydrogens is 288 g/mol. The molecule has 1 aromatic rings. The van der Waals surface area contributed by atoms with E-state index in [1.54, 1.807) is 0 Å². The summed E-state index contributed by atoms with van der Waals surface area (Å²) in [7, 11) is 0. The molecular formula is C15H23BrN2. The van der Waals surface area contributed by atoms with E-state index in [0.717, 1.165) is 30.7 Å². The van der Waals surface area contributed by atoms with Crippen LogP contribution in [0.1, 0.15) is 25.5 Å². The molecule has 100 valence electrons. The lowest BCUT2D eigenvalue weighted by Crippen LogP contribution is -2.36. The van der Waals surface area contributed by atoms with Crippen molar-refractivity contribution in [1.29, 1.82) is 0 Å². The summed E-state index contributed by atoms with van der Waals surface area (Å²) in [6.45, 7) is 12.1. The Morgan fingerprint density at radius 3 is 2.39 bits per heavy atom. The predicted molar refractivity (Wildman–Crippen MR) is 83.0 cm³/mol. The van der Waals surface area contributed by atoms with Gasteiger partial charge in [0.05, 0.1) is 0 Å². The topological polar surface area (TPSA) is 15.3 Å². The fourth-order valence-electron chi connectivity index (χ4n) is 2.14. The van der Waals surface area contributed by atoms with Crippen LogP contribution >= 0.6 is 15.9 Å². The molecule has 0 amide bonds. The highest BCUT2D eigenvalue weighted by Crippen LogP contribution is 2.19. The molecule has 2 nitrogen and oxygen atoms in total. The van der Waals surface area contributed by atoms with Crippen LogP contribution in [0.4, 0.5) is 0 Å². The first kappa shape index (κ1) is 15.4. The molecule has 0 aliphatic heterocycles. The molecule has 0 spiro atoms. The first-order chi connectivity index (χ1) is 8.69. The third kappa shape index (κ3) is 4.92. The van der Waals surface area contributed by atoms with Crippen LogP contribution in [0, 0.1) is 0 Å². The largest absolute Gasteiger partial charge is 0.310 e. The normalized spacial score (nSPS) is 12.7. The molecule has 0 saturated heterocycles. The fourth-order valence-corrected chi connectivity index (χ4v) is 2.34. The molecule has 0 heterocycles. The van der Waals surface area contributed by atoms with Crippen molar-refractivity contribution in [3.63, 3.8) is 0 Å². The Morgan fingerprint density at radius 1 is 1.28 bits per heavy atom. The summed E-state index contributed by atoms with van der Waals surface area (Å²) in [5, 5.41) is 3.44. The summed E-state index contributed by atoms with van der Waals surface area (Å²) in [5.41, 5.74) is 1.37. The lowest BCUT2D eigenvalue weighted by molar-refractivity contribution is 0.215. The molecule has 1 unspecified atom stereocenters. The quantitative estimate of drug-likeness (QED) is 0.789. The number of rotatable bonds is 8. The first-order valence-corrected chi connectivity index (χ1v) is 7.31. The highest BCUT2D eigenvalue weighted by Gasteiger charge is 2.16. The second-order valence-corrected chi connectivity index (χ2v) is 5.42. The lowest BCUT2D eigenvalue weighted by Gasteiger charge is -2.30. The summed E-state index contributed by atoms with van der Waals surface area (Å²) < 4.78 is 0.994. The van der Waals surface area contributed by atoms with Gasteiger partial charge in [0.2, 0.25) is 0 Å². The summed E-state index contributed by atoms with van der Waals surface area (Å²) in [6, 6.07) is 11.1. The zero-order chi connectivity index (χ0) is 13.4. The maximum atomic E-state index is 3.85. The van der Waals surface area contributed by atoms with Gasteiger partial charge in [0.1, 0.15) is 0 Å². The average molecular weight is 311 g/mol. The number of nitrogens with zero attached hydrogens (tertiary/aromatic N) is 1. The van der Waals surface area contributed by atoms with Gasteiger partial charge < -0.3 is 5.32 Å². The highest BCUT2D eigenvalue weighted by atomic mass is 79.9. The number of hydrogen-bond donors (Lipinski definition) is 1. The van der Waals surface area contributed by atoms with Gasteiger partial charge in [-0.2, -0.15) is 0 Å². The molecule has 1 rings (SSSR count). The Morgan fingerprint density at radius 2 is 1.89 bits per heavy atom. The molecule has 0 saturated carbocycles. The highest BCUT2D eigenvalue weighted by molar-refractivity contribution is 9.11. The number of hydrogen-bond acceptors (Lipinski definition) is 2. The lowest BCUT2D eigenvalue weighted by atomic mass is 10.1.